The summed E-state index contributed by atoms with van der Waals surface area (Å²) >= 11 is 0. The molecule has 1 aromatic carbocycles. The van der Waals surface area contributed by atoms with E-state index in [1.165, 1.54) is 0 Å². The second kappa shape index (κ2) is 6.48. The van der Waals surface area contributed by atoms with Crippen LogP contribution in [0.5, 0.6) is 5.75 Å². The van der Waals surface area contributed by atoms with Crippen LogP contribution >= 0.6 is 0 Å². The molecule has 0 aliphatic heterocycles. The Morgan fingerprint density at radius 1 is 1.17 bits per heavy atom. The van der Waals surface area contributed by atoms with E-state index in [2.05, 4.69) is 21.6 Å². The summed E-state index contributed by atoms with van der Waals surface area (Å²) < 4.78 is 7.37. The molecule has 2 heterocycles. The Kier molecular flexibility index (Phi) is 4.23. The summed E-state index contributed by atoms with van der Waals surface area (Å²) in [6.45, 7) is 4.27. The predicted molar refractivity (Wildman–Crippen MR) is 86.2 cm³/mol. The Labute approximate surface area is 134 Å². The number of nitrogens with one attached hydrogen (secondary N) is 1. The highest BCUT2D eigenvalue weighted by molar-refractivity contribution is 5.77. The summed E-state index contributed by atoms with van der Waals surface area (Å²) in [6, 6.07) is 11.5. The standard InChI is InChI=1S/C17H18N4O2/c1-12-7-13(2)9-14(8-12)23-11-17(22)18-10-16-20-19-15-5-3-4-6-21(15)16/h3-9H,10-11H2,1-2H3,(H,18,22). The van der Waals surface area contributed by atoms with Gasteiger partial charge in [-0.3, -0.25) is 9.20 Å². The molecule has 0 fully saturated rings. The Bertz CT molecular complexity index is 821. The lowest BCUT2D eigenvalue weighted by Gasteiger charge is -2.08. The van der Waals surface area contributed by atoms with Crippen LogP contribution in [0.4, 0.5) is 0 Å². The van der Waals surface area contributed by atoms with Crippen LogP contribution in [-0.2, 0) is 11.3 Å². The van der Waals surface area contributed by atoms with Crippen LogP contribution in [0.1, 0.15) is 17.0 Å². The zero-order chi connectivity index (χ0) is 16.2. The molecule has 0 saturated carbocycles. The summed E-state index contributed by atoms with van der Waals surface area (Å²) in [5.74, 6) is 1.18. The number of aryl methyl sites for hydroxylation is 2. The SMILES string of the molecule is Cc1cc(C)cc(OCC(=O)NCc2nnc3ccccn23)c1. The molecule has 0 atom stereocenters. The molecule has 23 heavy (non-hydrogen) atoms. The van der Waals surface area contributed by atoms with E-state index in [-0.39, 0.29) is 12.5 Å². The molecule has 1 amide bonds. The zero-order valence-corrected chi connectivity index (χ0v) is 13.1. The highest BCUT2D eigenvalue weighted by Gasteiger charge is 2.08. The molecular formula is C17H18N4O2. The molecule has 0 unspecified atom stereocenters. The number of carbonyl (C=O) groups is 1. The summed E-state index contributed by atoms with van der Waals surface area (Å²) in [4.78, 5) is 11.9. The number of aromatic nitrogens is 3. The van der Waals surface area contributed by atoms with E-state index in [1.807, 2.05) is 54.8 Å². The van der Waals surface area contributed by atoms with Crippen molar-refractivity contribution < 1.29 is 9.53 Å². The second-order valence-corrected chi connectivity index (χ2v) is 5.43. The highest BCUT2D eigenvalue weighted by atomic mass is 16.5. The maximum Gasteiger partial charge on any atom is 0.258 e. The van der Waals surface area contributed by atoms with Gasteiger partial charge < -0.3 is 10.1 Å². The fourth-order valence-electron chi connectivity index (χ4n) is 2.41. The number of pyridine rings is 1. The Balaban J connectivity index is 1.55. The molecule has 0 spiro atoms. The molecule has 0 aliphatic carbocycles. The molecule has 118 valence electrons. The number of hydrogen-bond donors (Lipinski definition) is 1. The van der Waals surface area contributed by atoms with Gasteiger partial charge in [0.15, 0.2) is 18.1 Å². The number of ether oxygens (including phenoxy) is 1. The molecule has 2 aromatic heterocycles. The third kappa shape index (κ3) is 3.66. The number of carbonyl (C=O) groups excluding carboxylic acids is 1. The third-order valence-corrected chi connectivity index (χ3v) is 3.39. The van der Waals surface area contributed by atoms with E-state index < -0.39 is 0 Å². The average molecular weight is 310 g/mol. The Morgan fingerprint density at radius 3 is 2.74 bits per heavy atom. The maximum absolute atomic E-state index is 11.9. The van der Waals surface area contributed by atoms with Crippen LogP contribution < -0.4 is 10.1 Å². The van der Waals surface area contributed by atoms with Gasteiger partial charge in [0.2, 0.25) is 0 Å². The van der Waals surface area contributed by atoms with E-state index in [0.717, 1.165) is 16.8 Å². The number of amides is 1. The summed E-state index contributed by atoms with van der Waals surface area (Å²) in [7, 11) is 0. The van der Waals surface area contributed by atoms with Crippen molar-refractivity contribution in [2.45, 2.75) is 20.4 Å². The number of benzene rings is 1. The Hall–Kier alpha value is -2.89. The number of hydrogen-bond acceptors (Lipinski definition) is 4. The first kappa shape index (κ1) is 15.0. The maximum atomic E-state index is 11.9. The number of fused-ring (bicyclic) bond motifs is 1. The van der Waals surface area contributed by atoms with Crippen molar-refractivity contribution >= 4 is 11.6 Å². The van der Waals surface area contributed by atoms with Crippen molar-refractivity contribution in [3.05, 3.63) is 59.5 Å². The smallest absolute Gasteiger partial charge is 0.258 e. The lowest BCUT2D eigenvalue weighted by Crippen LogP contribution is -2.29. The monoisotopic (exact) mass is 310 g/mol. The third-order valence-electron chi connectivity index (χ3n) is 3.39. The molecule has 3 aromatic rings. The average Bonchev–Trinajstić information content (AvgIpc) is 2.93. The lowest BCUT2D eigenvalue weighted by atomic mass is 10.1. The van der Waals surface area contributed by atoms with Gasteiger partial charge in [-0.1, -0.05) is 12.1 Å². The fourth-order valence-corrected chi connectivity index (χ4v) is 2.41. The summed E-state index contributed by atoms with van der Waals surface area (Å²) in [5.41, 5.74) is 2.97. The fraction of sp³-hybridized carbons (Fsp3) is 0.235. The van der Waals surface area contributed by atoms with Gasteiger partial charge in [0.1, 0.15) is 5.75 Å². The van der Waals surface area contributed by atoms with Gasteiger partial charge in [-0.05, 0) is 49.2 Å². The van der Waals surface area contributed by atoms with Crippen LogP contribution in [0, 0.1) is 13.8 Å². The number of rotatable bonds is 5. The lowest BCUT2D eigenvalue weighted by molar-refractivity contribution is -0.123. The minimum Gasteiger partial charge on any atom is -0.484 e. The number of nitrogens with zero attached hydrogens (tertiary/aromatic N) is 3. The van der Waals surface area contributed by atoms with Gasteiger partial charge in [0, 0.05) is 6.20 Å². The van der Waals surface area contributed by atoms with Crippen LogP contribution in [0.3, 0.4) is 0 Å². The van der Waals surface area contributed by atoms with Crippen LogP contribution in [0.25, 0.3) is 5.65 Å². The van der Waals surface area contributed by atoms with E-state index in [1.54, 1.807) is 0 Å². The minimum atomic E-state index is -0.197. The van der Waals surface area contributed by atoms with Gasteiger partial charge in [0.25, 0.3) is 5.91 Å². The Morgan fingerprint density at radius 2 is 1.96 bits per heavy atom. The molecule has 6 heteroatoms. The van der Waals surface area contributed by atoms with Crippen molar-refractivity contribution in [1.82, 2.24) is 19.9 Å². The van der Waals surface area contributed by atoms with Gasteiger partial charge in [-0.15, -0.1) is 10.2 Å². The normalized spacial score (nSPS) is 10.7. The quantitative estimate of drug-likeness (QED) is 0.783. The molecule has 6 nitrogen and oxygen atoms in total. The largest absolute Gasteiger partial charge is 0.484 e. The zero-order valence-electron chi connectivity index (χ0n) is 13.1. The van der Waals surface area contributed by atoms with E-state index >= 15 is 0 Å². The van der Waals surface area contributed by atoms with Gasteiger partial charge >= 0.3 is 0 Å². The molecular weight excluding hydrogens is 292 g/mol. The first-order valence-corrected chi connectivity index (χ1v) is 7.38. The molecule has 3 rings (SSSR count). The molecule has 0 bridgehead atoms. The topological polar surface area (TPSA) is 68.5 Å². The highest BCUT2D eigenvalue weighted by Crippen LogP contribution is 2.15. The first-order valence-electron chi connectivity index (χ1n) is 7.38. The van der Waals surface area contributed by atoms with Gasteiger partial charge in [0.05, 0.1) is 6.54 Å². The second-order valence-electron chi connectivity index (χ2n) is 5.43. The van der Waals surface area contributed by atoms with Crippen LogP contribution in [0.15, 0.2) is 42.6 Å². The summed E-state index contributed by atoms with van der Waals surface area (Å²) in [5, 5.41) is 10.9. The molecule has 0 aliphatic rings. The molecule has 0 radical (unpaired) electrons. The van der Waals surface area contributed by atoms with Gasteiger partial charge in [-0.2, -0.15) is 0 Å². The van der Waals surface area contributed by atoms with Crippen LogP contribution in [0.2, 0.25) is 0 Å². The van der Waals surface area contributed by atoms with E-state index in [0.29, 0.717) is 18.1 Å². The van der Waals surface area contributed by atoms with E-state index in [9.17, 15) is 4.79 Å². The van der Waals surface area contributed by atoms with Crippen molar-refractivity contribution in [3.63, 3.8) is 0 Å². The van der Waals surface area contributed by atoms with Crippen molar-refractivity contribution in [1.29, 1.82) is 0 Å². The van der Waals surface area contributed by atoms with E-state index in [4.69, 9.17) is 4.74 Å². The van der Waals surface area contributed by atoms with Crippen molar-refractivity contribution in [2.75, 3.05) is 6.61 Å². The van der Waals surface area contributed by atoms with Crippen LogP contribution in [-0.4, -0.2) is 27.1 Å². The molecule has 0 saturated heterocycles. The van der Waals surface area contributed by atoms with Gasteiger partial charge in [-0.25, -0.2) is 0 Å². The predicted octanol–water partition coefficient (Wildman–Crippen LogP) is 2.04. The van der Waals surface area contributed by atoms with Crippen molar-refractivity contribution in [2.24, 2.45) is 0 Å². The molecule has 1 N–H and O–H groups in total. The minimum absolute atomic E-state index is 0.0281. The van der Waals surface area contributed by atoms with Crippen molar-refractivity contribution in [3.8, 4) is 5.75 Å². The summed E-state index contributed by atoms with van der Waals surface area (Å²) in [6.07, 6.45) is 1.86. The first-order chi connectivity index (χ1) is 11.1.